The van der Waals surface area contributed by atoms with Crippen LogP contribution in [0, 0.1) is 5.92 Å². The largest absolute Gasteiger partial charge is 0.367 e. The predicted molar refractivity (Wildman–Crippen MR) is 48.2 cm³/mol. The van der Waals surface area contributed by atoms with Crippen LogP contribution in [0.4, 0.5) is 0 Å². The third kappa shape index (κ3) is 2.27. The highest BCUT2D eigenvalue weighted by Gasteiger charge is 2.37. The van der Waals surface area contributed by atoms with Crippen LogP contribution in [0.3, 0.4) is 0 Å². The maximum absolute atomic E-state index is 10.7. The van der Waals surface area contributed by atoms with Crippen LogP contribution < -0.4 is 0 Å². The van der Waals surface area contributed by atoms with Crippen molar-refractivity contribution in [3.05, 3.63) is 0 Å². The molecule has 4 unspecified atom stereocenters. The second-order valence-corrected chi connectivity index (χ2v) is 3.82. The molecule has 4 nitrogen and oxygen atoms in total. The molecule has 0 aromatic rings. The maximum Gasteiger partial charge on any atom is 0.165 e. The lowest BCUT2D eigenvalue weighted by Gasteiger charge is -2.39. The second-order valence-electron chi connectivity index (χ2n) is 3.82. The lowest BCUT2D eigenvalue weighted by Crippen LogP contribution is -2.50. The predicted octanol–water partition coefficient (Wildman–Crippen LogP) is -0.141. The highest BCUT2D eigenvalue weighted by molar-refractivity contribution is 5.55. The number of aliphatic hydroxyl groups excluding tert-OH is 1. The molecule has 0 radical (unpaired) electrons. The summed E-state index contributed by atoms with van der Waals surface area (Å²) in [5.41, 5.74) is 0. The normalized spacial score (nSPS) is 40.7. The van der Waals surface area contributed by atoms with Crippen molar-refractivity contribution in [1.82, 2.24) is 4.90 Å². The van der Waals surface area contributed by atoms with Gasteiger partial charge in [0.1, 0.15) is 6.29 Å². The Morgan fingerprint density at radius 1 is 1.54 bits per heavy atom. The molecule has 1 N–H and O–H groups in total. The summed E-state index contributed by atoms with van der Waals surface area (Å²) in [5, 5.41) is 9.48. The van der Waals surface area contributed by atoms with Gasteiger partial charge in [-0.25, -0.2) is 0 Å². The molecule has 0 aromatic heterocycles. The van der Waals surface area contributed by atoms with Gasteiger partial charge in [0, 0.05) is 6.04 Å². The van der Waals surface area contributed by atoms with E-state index in [2.05, 4.69) is 0 Å². The molecule has 0 amide bonds. The van der Waals surface area contributed by atoms with E-state index in [1.807, 2.05) is 25.9 Å². The average molecular weight is 187 g/mol. The summed E-state index contributed by atoms with van der Waals surface area (Å²) in [6.45, 7) is 1.90. The van der Waals surface area contributed by atoms with Crippen molar-refractivity contribution in [2.45, 2.75) is 31.8 Å². The molecule has 1 saturated heterocycles. The quantitative estimate of drug-likeness (QED) is 0.611. The SMILES string of the molecule is CC1CC(N(C)C)C(C=O)C(O)O1. The zero-order chi connectivity index (χ0) is 10.0. The van der Waals surface area contributed by atoms with Gasteiger partial charge in [0.25, 0.3) is 0 Å². The summed E-state index contributed by atoms with van der Waals surface area (Å²) in [7, 11) is 3.82. The van der Waals surface area contributed by atoms with Crippen molar-refractivity contribution in [3.8, 4) is 0 Å². The highest BCUT2D eigenvalue weighted by Crippen LogP contribution is 2.25. The Morgan fingerprint density at radius 3 is 2.62 bits per heavy atom. The zero-order valence-electron chi connectivity index (χ0n) is 8.30. The first-order valence-electron chi connectivity index (χ1n) is 4.51. The van der Waals surface area contributed by atoms with E-state index < -0.39 is 12.2 Å². The van der Waals surface area contributed by atoms with E-state index in [0.717, 1.165) is 12.7 Å². The number of carbonyl (C=O) groups excluding carboxylic acids is 1. The van der Waals surface area contributed by atoms with Gasteiger partial charge in [0.15, 0.2) is 6.29 Å². The Bertz CT molecular complexity index is 184. The number of nitrogens with zero attached hydrogens (tertiary/aromatic N) is 1. The number of rotatable bonds is 2. The first-order valence-corrected chi connectivity index (χ1v) is 4.51. The number of carbonyl (C=O) groups is 1. The van der Waals surface area contributed by atoms with Gasteiger partial charge in [0.2, 0.25) is 0 Å². The molecule has 13 heavy (non-hydrogen) atoms. The molecule has 0 saturated carbocycles. The smallest absolute Gasteiger partial charge is 0.165 e. The van der Waals surface area contributed by atoms with E-state index in [1.54, 1.807) is 0 Å². The molecule has 4 heteroatoms. The minimum atomic E-state index is -0.950. The third-order valence-electron chi connectivity index (χ3n) is 2.54. The standard InChI is InChI=1S/C9H17NO3/c1-6-4-8(10(2)3)7(5-11)9(12)13-6/h5-9,12H,4H2,1-3H3. The fraction of sp³-hybridized carbons (Fsp3) is 0.889. The van der Waals surface area contributed by atoms with Crippen LogP contribution in [-0.2, 0) is 9.53 Å². The molecule has 0 aromatic carbocycles. The van der Waals surface area contributed by atoms with E-state index in [1.165, 1.54) is 0 Å². The Labute approximate surface area is 78.5 Å². The first kappa shape index (κ1) is 10.6. The summed E-state index contributed by atoms with van der Waals surface area (Å²) >= 11 is 0. The molecule has 1 aliphatic heterocycles. The Kier molecular flexibility index (Phi) is 3.41. The van der Waals surface area contributed by atoms with Crippen LogP contribution in [0.2, 0.25) is 0 Å². The Balaban J connectivity index is 2.71. The van der Waals surface area contributed by atoms with E-state index >= 15 is 0 Å². The van der Waals surface area contributed by atoms with Gasteiger partial charge < -0.3 is 19.5 Å². The van der Waals surface area contributed by atoms with Crippen molar-refractivity contribution in [2.24, 2.45) is 5.92 Å². The molecule has 1 rings (SSSR count). The van der Waals surface area contributed by atoms with Crippen LogP contribution in [0.5, 0.6) is 0 Å². The lowest BCUT2D eigenvalue weighted by atomic mass is 9.92. The topological polar surface area (TPSA) is 49.8 Å². The fourth-order valence-electron chi connectivity index (χ4n) is 1.78. The van der Waals surface area contributed by atoms with Gasteiger partial charge in [-0.3, -0.25) is 0 Å². The maximum atomic E-state index is 10.7. The van der Waals surface area contributed by atoms with Crippen molar-refractivity contribution >= 4 is 6.29 Å². The minimum absolute atomic E-state index is 0.0126. The van der Waals surface area contributed by atoms with Crippen molar-refractivity contribution in [1.29, 1.82) is 0 Å². The Morgan fingerprint density at radius 2 is 2.15 bits per heavy atom. The van der Waals surface area contributed by atoms with Crippen molar-refractivity contribution < 1.29 is 14.6 Å². The number of ether oxygens (including phenoxy) is 1. The molecule has 1 heterocycles. The molecule has 1 aliphatic rings. The number of hydrogen-bond donors (Lipinski definition) is 1. The average Bonchev–Trinajstić information content (AvgIpc) is 2.02. The number of aliphatic hydroxyl groups is 1. The van der Waals surface area contributed by atoms with Crippen LogP contribution in [0.1, 0.15) is 13.3 Å². The zero-order valence-corrected chi connectivity index (χ0v) is 8.30. The number of hydrogen-bond acceptors (Lipinski definition) is 4. The van der Waals surface area contributed by atoms with Gasteiger partial charge in [-0.05, 0) is 27.4 Å². The third-order valence-corrected chi connectivity index (χ3v) is 2.54. The van der Waals surface area contributed by atoms with Crippen molar-refractivity contribution in [3.63, 3.8) is 0 Å². The highest BCUT2D eigenvalue weighted by atomic mass is 16.6. The fourth-order valence-corrected chi connectivity index (χ4v) is 1.78. The van der Waals surface area contributed by atoms with E-state index in [9.17, 15) is 9.90 Å². The van der Waals surface area contributed by atoms with E-state index in [0.29, 0.717) is 0 Å². The second kappa shape index (κ2) is 4.17. The first-order chi connectivity index (χ1) is 6.06. The summed E-state index contributed by atoms with van der Waals surface area (Å²) in [6.07, 6.45) is 0.626. The summed E-state index contributed by atoms with van der Waals surface area (Å²) < 4.78 is 5.17. The van der Waals surface area contributed by atoms with Gasteiger partial charge in [-0.15, -0.1) is 0 Å². The van der Waals surface area contributed by atoms with E-state index in [4.69, 9.17) is 4.74 Å². The monoisotopic (exact) mass is 187 g/mol. The van der Waals surface area contributed by atoms with Gasteiger partial charge in [-0.2, -0.15) is 0 Å². The Hall–Kier alpha value is -0.450. The molecule has 4 atom stereocenters. The van der Waals surface area contributed by atoms with Crippen LogP contribution in [0.15, 0.2) is 0 Å². The molecular formula is C9H17NO3. The summed E-state index contributed by atoms with van der Waals surface area (Å²) in [4.78, 5) is 12.7. The number of aldehydes is 1. The molecule has 0 aliphatic carbocycles. The molecule has 0 spiro atoms. The molecule has 76 valence electrons. The van der Waals surface area contributed by atoms with Gasteiger partial charge in [0.05, 0.1) is 12.0 Å². The van der Waals surface area contributed by atoms with E-state index in [-0.39, 0.29) is 12.1 Å². The molecule has 1 fully saturated rings. The minimum Gasteiger partial charge on any atom is -0.367 e. The van der Waals surface area contributed by atoms with Crippen LogP contribution >= 0.6 is 0 Å². The van der Waals surface area contributed by atoms with Gasteiger partial charge >= 0.3 is 0 Å². The van der Waals surface area contributed by atoms with Crippen LogP contribution in [-0.4, -0.2) is 48.8 Å². The molecular weight excluding hydrogens is 170 g/mol. The summed E-state index contributed by atoms with van der Waals surface area (Å²) in [5.74, 6) is -0.425. The van der Waals surface area contributed by atoms with Crippen molar-refractivity contribution in [2.75, 3.05) is 14.1 Å². The van der Waals surface area contributed by atoms with Crippen LogP contribution in [0.25, 0.3) is 0 Å². The lowest BCUT2D eigenvalue weighted by molar-refractivity contribution is -0.201. The van der Waals surface area contributed by atoms with Gasteiger partial charge in [-0.1, -0.05) is 0 Å². The summed E-state index contributed by atoms with van der Waals surface area (Å²) in [6, 6.07) is 0.0799. The molecule has 0 bridgehead atoms.